The highest BCUT2D eigenvalue weighted by atomic mass is 32.2. The SMILES string of the molecule is COC(=O)CCCS(=O)(=O)Nc1ccc2[nH]c(=O)[nH]c2c1. The maximum absolute atomic E-state index is 11.9. The molecule has 0 aliphatic carbocycles. The molecule has 0 fully saturated rings. The lowest BCUT2D eigenvalue weighted by atomic mass is 10.3. The number of carbonyl (C=O) groups is 1. The van der Waals surface area contributed by atoms with Crippen molar-refractivity contribution in [3.63, 3.8) is 0 Å². The van der Waals surface area contributed by atoms with E-state index < -0.39 is 16.0 Å². The fraction of sp³-hybridized carbons (Fsp3) is 0.333. The van der Waals surface area contributed by atoms with Gasteiger partial charge in [-0.3, -0.25) is 9.52 Å². The quantitative estimate of drug-likeness (QED) is 0.672. The largest absolute Gasteiger partial charge is 0.469 e. The number of H-pyrrole nitrogens is 2. The van der Waals surface area contributed by atoms with Gasteiger partial charge in [0.25, 0.3) is 0 Å². The number of sulfonamides is 1. The summed E-state index contributed by atoms with van der Waals surface area (Å²) < 4.78 is 30.6. The maximum atomic E-state index is 11.9. The van der Waals surface area contributed by atoms with Crippen LogP contribution in [0.3, 0.4) is 0 Å². The number of fused-ring (bicyclic) bond motifs is 1. The second-order valence-corrected chi connectivity index (χ2v) is 6.28. The van der Waals surface area contributed by atoms with Gasteiger partial charge < -0.3 is 14.7 Å². The molecule has 0 spiro atoms. The van der Waals surface area contributed by atoms with Gasteiger partial charge in [0.15, 0.2) is 0 Å². The number of methoxy groups -OCH3 is 1. The third kappa shape index (κ3) is 4.09. The fourth-order valence-corrected chi connectivity index (χ4v) is 2.95. The molecular formula is C12H15N3O5S. The summed E-state index contributed by atoms with van der Waals surface area (Å²) in [6.07, 6.45) is 0.215. The average molecular weight is 313 g/mol. The first-order chi connectivity index (χ1) is 9.89. The first-order valence-corrected chi connectivity index (χ1v) is 7.84. The lowest BCUT2D eigenvalue weighted by Gasteiger charge is -2.07. The zero-order chi connectivity index (χ0) is 15.5. The van der Waals surface area contributed by atoms with Crippen molar-refractivity contribution in [3.05, 3.63) is 28.7 Å². The monoisotopic (exact) mass is 313 g/mol. The number of rotatable bonds is 6. The molecule has 0 saturated carbocycles. The molecule has 1 heterocycles. The van der Waals surface area contributed by atoms with Crippen molar-refractivity contribution in [1.29, 1.82) is 0 Å². The van der Waals surface area contributed by atoms with E-state index in [1.54, 1.807) is 12.1 Å². The Labute approximate surface area is 120 Å². The van der Waals surface area contributed by atoms with Crippen LogP contribution in [0.5, 0.6) is 0 Å². The highest BCUT2D eigenvalue weighted by Gasteiger charge is 2.12. The van der Waals surface area contributed by atoms with Crippen molar-refractivity contribution in [2.45, 2.75) is 12.8 Å². The molecule has 0 atom stereocenters. The molecule has 114 valence electrons. The highest BCUT2D eigenvalue weighted by molar-refractivity contribution is 7.92. The number of ether oxygens (including phenoxy) is 1. The second kappa shape index (κ2) is 6.00. The predicted octanol–water partition coefficient (Wildman–Crippen LogP) is 0.551. The first kappa shape index (κ1) is 15.1. The van der Waals surface area contributed by atoms with Gasteiger partial charge >= 0.3 is 11.7 Å². The Balaban J connectivity index is 2.04. The van der Waals surface area contributed by atoms with Crippen LogP contribution >= 0.6 is 0 Å². The number of carbonyl (C=O) groups excluding carboxylic acids is 1. The van der Waals surface area contributed by atoms with E-state index in [4.69, 9.17) is 0 Å². The molecular weight excluding hydrogens is 298 g/mol. The standard InChI is InChI=1S/C12H15N3O5S/c1-20-11(16)3-2-6-21(18,19)15-8-4-5-9-10(7-8)14-12(17)13-9/h4-5,7,15H,2-3,6H2,1H3,(H2,13,14,17). The summed E-state index contributed by atoms with van der Waals surface area (Å²) in [6.45, 7) is 0. The Morgan fingerprint density at radius 2 is 2.00 bits per heavy atom. The number of anilines is 1. The van der Waals surface area contributed by atoms with Crippen molar-refractivity contribution in [3.8, 4) is 0 Å². The first-order valence-electron chi connectivity index (χ1n) is 6.19. The Morgan fingerprint density at radius 1 is 1.29 bits per heavy atom. The fourth-order valence-electron chi connectivity index (χ4n) is 1.84. The predicted molar refractivity (Wildman–Crippen MR) is 77.6 cm³/mol. The minimum Gasteiger partial charge on any atom is -0.469 e. The molecule has 2 aromatic rings. The molecule has 3 N–H and O–H groups in total. The third-order valence-corrected chi connectivity index (χ3v) is 4.18. The average Bonchev–Trinajstić information content (AvgIpc) is 2.77. The number of hydrogen-bond acceptors (Lipinski definition) is 5. The van der Waals surface area contributed by atoms with Crippen LogP contribution in [-0.2, 0) is 19.6 Å². The van der Waals surface area contributed by atoms with Crippen LogP contribution in [0, 0.1) is 0 Å². The second-order valence-electron chi connectivity index (χ2n) is 4.44. The molecule has 0 bridgehead atoms. The molecule has 1 aromatic heterocycles. The summed E-state index contributed by atoms with van der Waals surface area (Å²) in [5.41, 5.74) is 1.09. The van der Waals surface area contributed by atoms with Crippen LogP contribution in [0.2, 0.25) is 0 Å². The topological polar surface area (TPSA) is 121 Å². The van der Waals surface area contributed by atoms with E-state index in [9.17, 15) is 18.0 Å². The van der Waals surface area contributed by atoms with Crippen LogP contribution in [0.25, 0.3) is 11.0 Å². The molecule has 0 aliphatic rings. The number of aromatic nitrogens is 2. The minimum absolute atomic E-state index is 0.0432. The lowest BCUT2D eigenvalue weighted by molar-refractivity contribution is -0.140. The van der Waals surface area contributed by atoms with Gasteiger partial charge in [0.05, 0.1) is 29.6 Å². The van der Waals surface area contributed by atoms with Crippen LogP contribution in [0.4, 0.5) is 5.69 Å². The summed E-state index contributed by atoms with van der Waals surface area (Å²) in [4.78, 5) is 27.2. The molecule has 2 rings (SSSR count). The summed E-state index contributed by atoms with van der Waals surface area (Å²) >= 11 is 0. The summed E-state index contributed by atoms with van der Waals surface area (Å²) in [7, 11) is -2.31. The van der Waals surface area contributed by atoms with Gasteiger partial charge in [-0.25, -0.2) is 13.2 Å². The molecule has 0 radical (unpaired) electrons. The molecule has 1 aromatic carbocycles. The van der Waals surface area contributed by atoms with Gasteiger partial charge in [0.2, 0.25) is 10.0 Å². The van der Waals surface area contributed by atoms with Crippen molar-refractivity contribution in [1.82, 2.24) is 9.97 Å². The lowest BCUT2D eigenvalue weighted by Crippen LogP contribution is -2.17. The molecule has 21 heavy (non-hydrogen) atoms. The van der Waals surface area contributed by atoms with Crippen molar-refractivity contribution < 1.29 is 17.9 Å². The zero-order valence-corrected chi connectivity index (χ0v) is 12.1. The van der Waals surface area contributed by atoms with Gasteiger partial charge in [-0.1, -0.05) is 0 Å². The number of nitrogens with one attached hydrogen (secondary N) is 3. The molecule has 0 unspecified atom stereocenters. The van der Waals surface area contributed by atoms with E-state index in [0.717, 1.165) is 0 Å². The number of imidazole rings is 1. The van der Waals surface area contributed by atoms with Crippen LogP contribution in [0.1, 0.15) is 12.8 Å². The summed E-state index contributed by atoms with van der Waals surface area (Å²) in [5.74, 6) is -0.638. The third-order valence-electron chi connectivity index (χ3n) is 2.81. The number of benzene rings is 1. The van der Waals surface area contributed by atoms with E-state index in [1.165, 1.54) is 13.2 Å². The van der Waals surface area contributed by atoms with Crippen LogP contribution < -0.4 is 10.4 Å². The van der Waals surface area contributed by atoms with E-state index in [2.05, 4.69) is 19.4 Å². The van der Waals surface area contributed by atoms with E-state index in [-0.39, 0.29) is 24.3 Å². The summed E-state index contributed by atoms with van der Waals surface area (Å²) in [6, 6.07) is 4.66. The van der Waals surface area contributed by atoms with Gasteiger partial charge in [-0.15, -0.1) is 0 Å². The normalized spacial score (nSPS) is 11.5. The van der Waals surface area contributed by atoms with Crippen LogP contribution in [-0.4, -0.2) is 37.2 Å². The number of esters is 1. The molecule has 9 heteroatoms. The Kier molecular flexibility index (Phi) is 4.32. The van der Waals surface area contributed by atoms with Crippen molar-refractivity contribution in [2.24, 2.45) is 0 Å². The number of hydrogen-bond donors (Lipinski definition) is 3. The van der Waals surface area contributed by atoms with Gasteiger partial charge in [0.1, 0.15) is 0 Å². The molecule has 0 aliphatic heterocycles. The number of aromatic amines is 2. The van der Waals surface area contributed by atoms with E-state index in [0.29, 0.717) is 16.7 Å². The van der Waals surface area contributed by atoms with Gasteiger partial charge in [-0.2, -0.15) is 0 Å². The van der Waals surface area contributed by atoms with E-state index in [1.807, 2.05) is 0 Å². The van der Waals surface area contributed by atoms with Crippen molar-refractivity contribution >= 4 is 32.7 Å². The Morgan fingerprint density at radius 3 is 2.71 bits per heavy atom. The van der Waals surface area contributed by atoms with Gasteiger partial charge in [0, 0.05) is 6.42 Å². The maximum Gasteiger partial charge on any atom is 0.323 e. The van der Waals surface area contributed by atoms with Gasteiger partial charge in [-0.05, 0) is 24.6 Å². The highest BCUT2D eigenvalue weighted by Crippen LogP contribution is 2.16. The smallest absolute Gasteiger partial charge is 0.323 e. The zero-order valence-electron chi connectivity index (χ0n) is 11.3. The Hall–Kier alpha value is -2.29. The molecule has 8 nitrogen and oxygen atoms in total. The minimum atomic E-state index is -3.56. The van der Waals surface area contributed by atoms with Crippen LogP contribution in [0.15, 0.2) is 23.0 Å². The van der Waals surface area contributed by atoms with Crippen molar-refractivity contribution in [2.75, 3.05) is 17.6 Å². The Bertz CT molecular complexity index is 806. The summed E-state index contributed by atoms with van der Waals surface area (Å²) in [5, 5.41) is 0. The molecule has 0 amide bonds. The molecule has 0 saturated heterocycles. The van der Waals surface area contributed by atoms with E-state index >= 15 is 0 Å².